The minimum absolute atomic E-state index is 0.200. The van der Waals surface area contributed by atoms with E-state index in [1.165, 1.54) is 69.9 Å². The summed E-state index contributed by atoms with van der Waals surface area (Å²) in [4.78, 5) is 0. The molecular weight excluding hydrogens is 347 g/mol. The summed E-state index contributed by atoms with van der Waals surface area (Å²) in [5, 5.41) is 0. The lowest BCUT2D eigenvalue weighted by atomic mass is 9.78. The highest BCUT2D eigenvalue weighted by Crippen LogP contribution is 2.34. The van der Waals surface area contributed by atoms with Crippen molar-refractivity contribution in [2.75, 3.05) is 6.61 Å². The summed E-state index contributed by atoms with van der Waals surface area (Å²) < 4.78 is 19.0. The van der Waals surface area contributed by atoms with Crippen molar-refractivity contribution < 1.29 is 9.13 Å². The fraction of sp³-hybridized carbons (Fsp3) is 0.538. The van der Waals surface area contributed by atoms with Gasteiger partial charge >= 0.3 is 0 Å². The lowest BCUT2D eigenvalue weighted by Crippen LogP contribution is -2.15. The summed E-state index contributed by atoms with van der Waals surface area (Å²) in [6.45, 7) is 3.09. The van der Waals surface area contributed by atoms with E-state index in [0.717, 1.165) is 41.7 Å². The molecule has 1 nitrogen and oxygen atoms in total. The highest BCUT2D eigenvalue weighted by atomic mass is 19.1. The standard InChI is InChI=1S/C26H35FO/c1-2-3-4-6-21-8-10-22(11-9-21)7-5-20-28-26-18-14-24(15-19-26)23-12-16-25(27)17-13-23/h12-19,21-22H,2-11,20H2,1H3/t21-,22-. The maximum Gasteiger partial charge on any atom is 0.123 e. The van der Waals surface area contributed by atoms with Crippen LogP contribution in [0.5, 0.6) is 5.75 Å². The Morgan fingerprint density at radius 2 is 1.29 bits per heavy atom. The molecule has 0 unspecified atom stereocenters. The molecule has 0 amide bonds. The van der Waals surface area contributed by atoms with Gasteiger partial charge < -0.3 is 4.74 Å². The van der Waals surface area contributed by atoms with Crippen molar-refractivity contribution in [2.24, 2.45) is 11.8 Å². The average Bonchev–Trinajstić information content (AvgIpc) is 2.73. The first-order valence-corrected chi connectivity index (χ1v) is 11.2. The zero-order valence-corrected chi connectivity index (χ0v) is 17.3. The van der Waals surface area contributed by atoms with Crippen LogP contribution in [0.15, 0.2) is 48.5 Å². The summed E-state index contributed by atoms with van der Waals surface area (Å²) in [7, 11) is 0. The monoisotopic (exact) mass is 382 g/mol. The summed E-state index contributed by atoms with van der Waals surface area (Å²) in [5.41, 5.74) is 2.11. The molecule has 152 valence electrons. The molecule has 3 rings (SSSR count). The number of benzene rings is 2. The van der Waals surface area contributed by atoms with Gasteiger partial charge in [-0.05, 0) is 60.1 Å². The van der Waals surface area contributed by atoms with Gasteiger partial charge in [-0.2, -0.15) is 0 Å². The number of unbranched alkanes of at least 4 members (excludes halogenated alkanes) is 2. The van der Waals surface area contributed by atoms with Gasteiger partial charge in [-0.15, -0.1) is 0 Å². The minimum Gasteiger partial charge on any atom is -0.494 e. The molecule has 1 saturated carbocycles. The van der Waals surface area contributed by atoms with Crippen LogP contribution in [0.2, 0.25) is 0 Å². The van der Waals surface area contributed by atoms with Crippen LogP contribution in [0, 0.1) is 17.7 Å². The second kappa shape index (κ2) is 11.2. The molecular formula is C26H35FO. The van der Waals surface area contributed by atoms with E-state index in [1.807, 2.05) is 36.4 Å². The Balaban J connectivity index is 1.32. The van der Waals surface area contributed by atoms with E-state index in [4.69, 9.17) is 4.74 Å². The van der Waals surface area contributed by atoms with E-state index in [9.17, 15) is 4.39 Å². The van der Waals surface area contributed by atoms with Gasteiger partial charge in [0.25, 0.3) is 0 Å². The number of ether oxygens (including phenoxy) is 1. The van der Waals surface area contributed by atoms with Crippen molar-refractivity contribution >= 4 is 0 Å². The maximum atomic E-state index is 13.0. The van der Waals surface area contributed by atoms with Crippen LogP contribution in [0.4, 0.5) is 4.39 Å². The molecule has 1 fully saturated rings. The predicted octanol–water partition coefficient (Wildman–Crippen LogP) is 8.04. The van der Waals surface area contributed by atoms with Gasteiger partial charge in [0.05, 0.1) is 6.61 Å². The van der Waals surface area contributed by atoms with E-state index in [2.05, 4.69) is 6.92 Å². The lowest BCUT2D eigenvalue weighted by Gasteiger charge is -2.28. The molecule has 0 aromatic heterocycles. The van der Waals surface area contributed by atoms with Crippen molar-refractivity contribution in [3.63, 3.8) is 0 Å². The molecule has 28 heavy (non-hydrogen) atoms. The molecule has 0 saturated heterocycles. The minimum atomic E-state index is -0.200. The highest BCUT2D eigenvalue weighted by molar-refractivity contribution is 5.63. The molecule has 0 aliphatic heterocycles. The molecule has 0 spiro atoms. The fourth-order valence-corrected chi connectivity index (χ4v) is 4.44. The molecule has 2 aromatic rings. The normalized spacial score (nSPS) is 19.5. The zero-order chi connectivity index (χ0) is 19.6. The zero-order valence-electron chi connectivity index (χ0n) is 17.3. The largest absolute Gasteiger partial charge is 0.494 e. The van der Waals surface area contributed by atoms with Gasteiger partial charge in [-0.1, -0.05) is 82.6 Å². The topological polar surface area (TPSA) is 9.23 Å². The number of hydrogen-bond donors (Lipinski definition) is 0. The highest BCUT2D eigenvalue weighted by Gasteiger charge is 2.20. The van der Waals surface area contributed by atoms with Gasteiger partial charge in [0, 0.05) is 0 Å². The molecule has 0 N–H and O–H groups in total. The Kier molecular flexibility index (Phi) is 8.39. The maximum absolute atomic E-state index is 13.0. The van der Waals surface area contributed by atoms with E-state index in [1.54, 1.807) is 0 Å². The molecule has 0 atom stereocenters. The van der Waals surface area contributed by atoms with Gasteiger partial charge in [-0.25, -0.2) is 4.39 Å². The first-order valence-electron chi connectivity index (χ1n) is 11.2. The number of rotatable bonds is 10. The fourth-order valence-electron chi connectivity index (χ4n) is 4.44. The molecule has 0 heterocycles. The first kappa shape index (κ1) is 20.9. The Hall–Kier alpha value is -1.83. The van der Waals surface area contributed by atoms with E-state index in [-0.39, 0.29) is 5.82 Å². The smallest absolute Gasteiger partial charge is 0.123 e. The number of halogens is 1. The van der Waals surface area contributed by atoms with Gasteiger partial charge in [0.2, 0.25) is 0 Å². The van der Waals surface area contributed by atoms with Crippen LogP contribution in [0.25, 0.3) is 11.1 Å². The van der Waals surface area contributed by atoms with E-state index in [0.29, 0.717) is 0 Å². The average molecular weight is 383 g/mol. The van der Waals surface area contributed by atoms with Gasteiger partial charge in [0.1, 0.15) is 11.6 Å². The van der Waals surface area contributed by atoms with Crippen LogP contribution in [0.1, 0.15) is 71.1 Å². The Labute approximate surface area is 170 Å². The predicted molar refractivity (Wildman–Crippen MR) is 116 cm³/mol. The van der Waals surface area contributed by atoms with Crippen molar-refractivity contribution in [3.8, 4) is 16.9 Å². The third-order valence-electron chi connectivity index (χ3n) is 6.24. The summed E-state index contributed by atoms with van der Waals surface area (Å²) >= 11 is 0. The summed E-state index contributed by atoms with van der Waals surface area (Å²) in [6.07, 6.45) is 13.8. The van der Waals surface area contributed by atoms with Crippen LogP contribution >= 0.6 is 0 Å². The van der Waals surface area contributed by atoms with Crippen LogP contribution in [-0.4, -0.2) is 6.61 Å². The van der Waals surface area contributed by atoms with E-state index < -0.39 is 0 Å². The van der Waals surface area contributed by atoms with Crippen LogP contribution in [-0.2, 0) is 0 Å². The van der Waals surface area contributed by atoms with Gasteiger partial charge in [0.15, 0.2) is 0 Å². The molecule has 0 bridgehead atoms. The molecule has 2 aromatic carbocycles. The van der Waals surface area contributed by atoms with Crippen molar-refractivity contribution in [3.05, 3.63) is 54.3 Å². The summed E-state index contributed by atoms with van der Waals surface area (Å²) in [6, 6.07) is 14.7. The molecule has 0 radical (unpaired) electrons. The SMILES string of the molecule is CCCCC[C@H]1CC[C@H](CCCOc2ccc(-c3ccc(F)cc3)cc2)CC1. The third kappa shape index (κ3) is 6.65. The first-order chi connectivity index (χ1) is 13.7. The Morgan fingerprint density at radius 3 is 1.86 bits per heavy atom. The Bertz CT molecular complexity index is 669. The molecule has 2 heteroatoms. The lowest BCUT2D eigenvalue weighted by molar-refractivity contribution is 0.228. The van der Waals surface area contributed by atoms with Crippen molar-refractivity contribution in [1.82, 2.24) is 0 Å². The Morgan fingerprint density at radius 1 is 0.750 bits per heavy atom. The van der Waals surface area contributed by atoms with Crippen LogP contribution < -0.4 is 4.74 Å². The van der Waals surface area contributed by atoms with Crippen LogP contribution in [0.3, 0.4) is 0 Å². The molecule has 1 aliphatic rings. The van der Waals surface area contributed by atoms with Crippen molar-refractivity contribution in [2.45, 2.75) is 71.1 Å². The number of hydrogen-bond acceptors (Lipinski definition) is 1. The summed E-state index contributed by atoms with van der Waals surface area (Å²) in [5.74, 6) is 2.63. The van der Waals surface area contributed by atoms with Crippen molar-refractivity contribution in [1.29, 1.82) is 0 Å². The van der Waals surface area contributed by atoms with Gasteiger partial charge in [-0.3, -0.25) is 0 Å². The quantitative estimate of drug-likeness (QED) is 0.378. The third-order valence-corrected chi connectivity index (χ3v) is 6.24. The van der Waals surface area contributed by atoms with E-state index >= 15 is 0 Å². The molecule has 1 aliphatic carbocycles. The second-order valence-corrected chi connectivity index (χ2v) is 8.40. The second-order valence-electron chi connectivity index (χ2n) is 8.40.